The van der Waals surface area contributed by atoms with Crippen molar-refractivity contribution < 1.29 is 0 Å². The van der Waals surface area contributed by atoms with Gasteiger partial charge in [0.2, 0.25) is 0 Å². The average molecular weight is 827 g/mol. The summed E-state index contributed by atoms with van der Waals surface area (Å²) in [6, 6.07) is 84.0. The number of fused-ring (bicyclic) bond motifs is 6. The van der Waals surface area contributed by atoms with E-state index in [-0.39, 0.29) is 0 Å². The molecule has 4 heteroatoms. The molecule has 2 heterocycles. The first-order valence-corrected chi connectivity index (χ1v) is 22.6. The van der Waals surface area contributed by atoms with Crippen molar-refractivity contribution in [3.8, 4) is 33.4 Å². The maximum absolute atomic E-state index is 2.44. The van der Waals surface area contributed by atoms with Crippen molar-refractivity contribution in [2.45, 2.75) is 9.79 Å². The van der Waals surface area contributed by atoms with Crippen LogP contribution in [0.3, 0.4) is 0 Å². The van der Waals surface area contributed by atoms with Crippen LogP contribution in [0.2, 0.25) is 0 Å². The molecular formula is C58H38N2S2. The predicted molar refractivity (Wildman–Crippen MR) is 267 cm³/mol. The van der Waals surface area contributed by atoms with Gasteiger partial charge in [0.25, 0.3) is 0 Å². The van der Waals surface area contributed by atoms with Gasteiger partial charge in [-0.1, -0.05) is 169 Å². The van der Waals surface area contributed by atoms with Gasteiger partial charge in [-0.05, 0) is 112 Å². The van der Waals surface area contributed by atoms with Crippen molar-refractivity contribution in [2.75, 3.05) is 9.80 Å². The van der Waals surface area contributed by atoms with Crippen LogP contribution >= 0.6 is 23.1 Å². The van der Waals surface area contributed by atoms with Crippen molar-refractivity contribution in [3.05, 3.63) is 231 Å². The second-order valence-corrected chi connectivity index (χ2v) is 17.8. The molecule has 0 bridgehead atoms. The molecule has 0 unspecified atom stereocenters. The van der Waals surface area contributed by atoms with E-state index in [9.17, 15) is 0 Å². The second kappa shape index (κ2) is 15.3. The fraction of sp³-hybridized carbons (Fsp3) is 0. The zero-order valence-corrected chi connectivity index (χ0v) is 35.3. The highest BCUT2D eigenvalue weighted by Gasteiger charge is 2.26. The molecule has 0 amide bonds. The number of rotatable bonds is 7. The van der Waals surface area contributed by atoms with Gasteiger partial charge in [-0.25, -0.2) is 0 Å². The summed E-state index contributed by atoms with van der Waals surface area (Å²) >= 11 is 3.74. The van der Waals surface area contributed by atoms with Gasteiger partial charge >= 0.3 is 0 Å². The summed E-state index contributed by atoms with van der Waals surface area (Å²) in [6.45, 7) is 0. The summed E-state index contributed by atoms with van der Waals surface area (Å²) in [6.07, 6.45) is 0. The van der Waals surface area contributed by atoms with Gasteiger partial charge in [0.1, 0.15) is 0 Å². The van der Waals surface area contributed by atoms with E-state index in [0.717, 1.165) is 22.7 Å². The van der Waals surface area contributed by atoms with Crippen LogP contribution in [0.5, 0.6) is 0 Å². The normalized spacial score (nSPS) is 12.1. The summed E-state index contributed by atoms with van der Waals surface area (Å²) < 4.78 is 2.66. The Labute approximate surface area is 369 Å². The molecule has 0 N–H and O–H groups in total. The molecule has 2 nitrogen and oxygen atoms in total. The molecule has 0 radical (unpaired) electrons. The van der Waals surface area contributed by atoms with Crippen LogP contribution in [0.4, 0.5) is 34.1 Å². The Morgan fingerprint density at radius 3 is 1.66 bits per heavy atom. The summed E-state index contributed by atoms with van der Waals surface area (Å²) in [5.74, 6) is 0. The topological polar surface area (TPSA) is 6.48 Å². The zero-order valence-electron chi connectivity index (χ0n) is 33.7. The smallest absolute Gasteiger partial charge is 0.0602 e. The van der Waals surface area contributed by atoms with Gasteiger partial charge < -0.3 is 9.80 Å². The van der Waals surface area contributed by atoms with E-state index in [1.54, 1.807) is 0 Å². The van der Waals surface area contributed by atoms with Crippen LogP contribution in [0.15, 0.2) is 240 Å². The van der Waals surface area contributed by atoms with Gasteiger partial charge in [0.05, 0.1) is 17.1 Å². The molecule has 1 aliphatic heterocycles. The monoisotopic (exact) mass is 826 g/mol. The second-order valence-electron chi connectivity index (χ2n) is 15.7. The maximum Gasteiger partial charge on any atom is 0.0602 e. The highest BCUT2D eigenvalue weighted by Crippen LogP contribution is 2.53. The molecular weight excluding hydrogens is 789 g/mol. The third-order valence-electron chi connectivity index (χ3n) is 12.1. The first-order chi connectivity index (χ1) is 30.7. The number of nitrogens with zero attached hydrogens (tertiary/aromatic N) is 2. The van der Waals surface area contributed by atoms with Crippen LogP contribution < -0.4 is 9.80 Å². The fourth-order valence-electron chi connectivity index (χ4n) is 9.05. The number of thiophene rings is 1. The van der Waals surface area contributed by atoms with E-state index in [2.05, 4.69) is 240 Å². The van der Waals surface area contributed by atoms with E-state index >= 15 is 0 Å². The van der Waals surface area contributed by atoms with Crippen LogP contribution in [0, 0.1) is 0 Å². The fourth-order valence-corrected chi connectivity index (χ4v) is 11.4. The molecule has 62 heavy (non-hydrogen) atoms. The van der Waals surface area contributed by atoms with Crippen molar-refractivity contribution in [1.29, 1.82) is 0 Å². The van der Waals surface area contributed by atoms with Crippen molar-refractivity contribution in [2.24, 2.45) is 0 Å². The number of anilines is 6. The predicted octanol–water partition coefficient (Wildman–Crippen LogP) is 17.6. The zero-order chi connectivity index (χ0) is 41.0. The van der Waals surface area contributed by atoms with Crippen molar-refractivity contribution >= 4 is 88.2 Å². The summed E-state index contributed by atoms with van der Waals surface area (Å²) in [7, 11) is 0. The van der Waals surface area contributed by atoms with Crippen LogP contribution in [-0.2, 0) is 0 Å². The number of hydrogen-bond acceptors (Lipinski definition) is 4. The number of para-hydroxylation sites is 1. The van der Waals surface area contributed by atoms with E-state index in [0.29, 0.717) is 0 Å². The Morgan fingerprint density at radius 2 is 0.919 bits per heavy atom. The molecule has 0 fully saturated rings. The van der Waals surface area contributed by atoms with Crippen LogP contribution in [0.25, 0.3) is 64.3 Å². The molecule has 10 aromatic carbocycles. The standard InChI is InChI=1S/C58H38N2S2/c1-3-13-39(14-4-1)43-29-35-53-56(37-43)61-57-38-44(40-25-31-46(32-26-40)59(45-17-5-2-6-18-45)52-23-11-16-41-15-7-8-19-48(41)52)30-36-54(57)60(53)47-33-27-42(28-34-47)49-21-12-22-51-50-20-9-10-24-55(50)62-58(49)51/h1-38H. The van der Waals surface area contributed by atoms with Gasteiger partial charge in [0, 0.05) is 52.4 Å². The third kappa shape index (κ3) is 6.35. The Bertz CT molecular complexity index is 3420. The molecule has 0 atom stereocenters. The van der Waals surface area contributed by atoms with E-state index < -0.39 is 0 Å². The summed E-state index contributed by atoms with van der Waals surface area (Å²) in [5, 5.41) is 5.09. The maximum atomic E-state index is 2.44. The minimum atomic E-state index is 1.12. The first kappa shape index (κ1) is 36.5. The molecule has 292 valence electrons. The molecule has 0 saturated carbocycles. The highest BCUT2D eigenvalue weighted by atomic mass is 32.2. The molecule has 1 aromatic heterocycles. The summed E-state index contributed by atoms with van der Waals surface area (Å²) in [5.41, 5.74) is 14.2. The van der Waals surface area contributed by atoms with Crippen molar-refractivity contribution in [3.63, 3.8) is 0 Å². The molecule has 12 rings (SSSR count). The number of hydrogen-bond donors (Lipinski definition) is 0. The van der Waals surface area contributed by atoms with Crippen LogP contribution in [-0.4, -0.2) is 0 Å². The average Bonchev–Trinajstić information content (AvgIpc) is 3.73. The lowest BCUT2D eigenvalue weighted by atomic mass is 10.0. The summed E-state index contributed by atoms with van der Waals surface area (Å²) in [4.78, 5) is 7.26. The molecule has 0 aliphatic carbocycles. The van der Waals surface area contributed by atoms with Gasteiger partial charge in [-0.15, -0.1) is 11.3 Å². The van der Waals surface area contributed by atoms with Gasteiger partial charge in [-0.2, -0.15) is 0 Å². The van der Waals surface area contributed by atoms with Crippen molar-refractivity contribution in [1.82, 2.24) is 0 Å². The lowest BCUT2D eigenvalue weighted by molar-refractivity contribution is 1.17. The van der Waals surface area contributed by atoms with E-state index in [1.165, 1.54) is 85.5 Å². The van der Waals surface area contributed by atoms with E-state index in [4.69, 9.17) is 0 Å². The SMILES string of the molecule is c1ccc(-c2ccc3c(c2)Sc2cc(-c4ccc(N(c5ccccc5)c5cccc6ccccc56)cc4)ccc2N3c2ccc(-c3cccc4c3sc3ccccc34)cc2)cc1. The minimum Gasteiger partial charge on any atom is -0.310 e. The molecule has 0 spiro atoms. The quantitative estimate of drug-likeness (QED) is 0.158. The molecule has 0 saturated heterocycles. The Kier molecular flexibility index (Phi) is 8.98. The highest BCUT2D eigenvalue weighted by molar-refractivity contribution is 7.99. The van der Waals surface area contributed by atoms with E-state index in [1.807, 2.05) is 23.1 Å². The third-order valence-corrected chi connectivity index (χ3v) is 14.4. The lowest BCUT2D eigenvalue weighted by Crippen LogP contribution is -2.15. The minimum absolute atomic E-state index is 1.12. The molecule has 11 aromatic rings. The van der Waals surface area contributed by atoms with Gasteiger partial charge in [-0.3, -0.25) is 0 Å². The largest absolute Gasteiger partial charge is 0.310 e. The lowest BCUT2D eigenvalue weighted by Gasteiger charge is -2.33. The van der Waals surface area contributed by atoms with Crippen LogP contribution in [0.1, 0.15) is 0 Å². The van der Waals surface area contributed by atoms with Gasteiger partial charge in [0.15, 0.2) is 0 Å². The first-order valence-electron chi connectivity index (χ1n) is 21.0. The number of benzene rings is 10. The Morgan fingerprint density at radius 1 is 0.371 bits per heavy atom. The Hall–Kier alpha value is -7.37. The molecule has 1 aliphatic rings. The Balaban J connectivity index is 0.930.